The molecule has 5 rings (SSSR count). The number of hydrogen-bond acceptors (Lipinski definition) is 8. The molecule has 0 aliphatic carbocycles. The van der Waals surface area contributed by atoms with E-state index in [0.29, 0.717) is 38.6 Å². The van der Waals surface area contributed by atoms with Crippen LogP contribution in [0.2, 0.25) is 0 Å². The molecule has 0 saturated heterocycles. The number of rotatable bonds is 9. The molecule has 0 spiro atoms. The second-order valence-corrected chi connectivity index (χ2v) is 9.99. The van der Waals surface area contributed by atoms with Crippen molar-refractivity contribution in [1.82, 2.24) is 19.1 Å². The van der Waals surface area contributed by atoms with E-state index >= 15 is 0 Å². The zero-order valence-electron chi connectivity index (χ0n) is 23.7. The smallest absolute Gasteiger partial charge is 0.357 e. The summed E-state index contributed by atoms with van der Waals surface area (Å²) >= 11 is 3.42. The molecular weight excluding hydrogens is 620 g/mol. The average molecular weight is 647 g/mol. The lowest BCUT2D eigenvalue weighted by Gasteiger charge is -2.14. The van der Waals surface area contributed by atoms with Crippen LogP contribution in [-0.4, -0.2) is 52.4 Å². The standard InChI is InChI=1S/C31H27BrN4O7/c1-34-22(26(32)29(37)36(34)21-13-9-6-10-14-21)18-43-23-16-15-19(17-24(23)40-2)27-25(30(38)41-3)28(31(39)42-4)35(33-27)20-11-7-5-8-12-20/h5-17H,18H2,1-4H3. The van der Waals surface area contributed by atoms with Gasteiger partial charge in [-0.3, -0.25) is 9.48 Å². The van der Waals surface area contributed by atoms with Crippen molar-refractivity contribution in [3.8, 4) is 34.1 Å². The van der Waals surface area contributed by atoms with Crippen LogP contribution < -0.4 is 15.0 Å². The lowest BCUT2D eigenvalue weighted by molar-refractivity contribution is 0.0549. The van der Waals surface area contributed by atoms with Crippen molar-refractivity contribution in [3.63, 3.8) is 0 Å². The Balaban J connectivity index is 1.54. The van der Waals surface area contributed by atoms with Crippen molar-refractivity contribution in [3.05, 3.63) is 111 Å². The number of para-hydroxylation sites is 2. The van der Waals surface area contributed by atoms with Gasteiger partial charge in [-0.15, -0.1) is 0 Å². The summed E-state index contributed by atoms with van der Waals surface area (Å²) in [6, 6.07) is 23.1. The molecule has 0 atom stereocenters. The Bertz CT molecular complexity index is 1860. The van der Waals surface area contributed by atoms with Crippen LogP contribution in [0.1, 0.15) is 26.5 Å². The SMILES string of the molecule is COC(=O)c1c(-c2ccc(OCc3c(Br)c(=O)n(-c4ccccc4)n3C)c(OC)c2)nn(-c2ccccc2)c1C(=O)OC. The van der Waals surface area contributed by atoms with E-state index in [1.165, 1.54) is 26.0 Å². The van der Waals surface area contributed by atoms with Crippen LogP contribution in [0.25, 0.3) is 22.6 Å². The van der Waals surface area contributed by atoms with Crippen LogP contribution in [0.4, 0.5) is 0 Å². The van der Waals surface area contributed by atoms with Crippen molar-refractivity contribution < 1.29 is 28.5 Å². The Kier molecular flexibility index (Phi) is 8.48. The van der Waals surface area contributed by atoms with Gasteiger partial charge in [-0.1, -0.05) is 36.4 Å². The molecule has 2 heterocycles. The van der Waals surface area contributed by atoms with Gasteiger partial charge >= 0.3 is 11.9 Å². The monoisotopic (exact) mass is 646 g/mol. The number of carbonyl (C=O) groups excluding carboxylic acids is 2. The van der Waals surface area contributed by atoms with Gasteiger partial charge in [0, 0.05) is 12.6 Å². The Morgan fingerprint density at radius 3 is 2.07 bits per heavy atom. The number of methoxy groups -OCH3 is 3. The molecule has 0 saturated carbocycles. The average Bonchev–Trinajstić information content (AvgIpc) is 3.54. The first-order valence-electron chi connectivity index (χ1n) is 13.0. The number of halogens is 1. The lowest BCUT2D eigenvalue weighted by atomic mass is 10.0. The van der Waals surface area contributed by atoms with E-state index in [1.54, 1.807) is 58.9 Å². The van der Waals surface area contributed by atoms with Crippen molar-refractivity contribution >= 4 is 27.9 Å². The van der Waals surface area contributed by atoms with E-state index in [4.69, 9.17) is 18.9 Å². The maximum absolute atomic E-state index is 13.0. The molecule has 0 unspecified atom stereocenters. The highest BCUT2D eigenvalue weighted by atomic mass is 79.9. The summed E-state index contributed by atoms with van der Waals surface area (Å²) in [6.07, 6.45) is 0. The van der Waals surface area contributed by atoms with Gasteiger partial charge in [0.05, 0.1) is 38.4 Å². The van der Waals surface area contributed by atoms with E-state index in [0.717, 1.165) is 0 Å². The molecule has 2 aromatic heterocycles. The fourth-order valence-electron chi connectivity index (χ4n) is 4.67. The first kappa shape index (κ1) is 29.4. The maximum atomic E-state index is 13.0. The van der Waals surface area contributed by atoms with Gasteiger partial charge in [-0.25, -0.2) is 19.0 Å². The highest BCUT2D eigenvalue weighted by Gasteiger charge is 2.31. The van der Waals surface area contributed by atoms with E-state index in [9.17, 15) is 14.4 Å². The number of hydrogen-bond donors (Lipinski definition) is 0. The van der Waals surface area contributed by atoms with Gasteiger partial charge in [-0.05, 0) is 58.4 Å². The topological polar surface area (TPSA) is 116 Å². The molecule has 12 heteroatoms. The fourth-order valence-corrected chi connectivity index (χ4v) is 5.21. The van der Waals surface area contributed by atoms with Crippen molar-refractivity contribution in [2.75, 3.05) is 21.3 Å². The zero-order chi connectivity index (χ0) is 30.7. The first-order chi connectivity index (χ1) is 20.8. The van der Waals surface area contributed by atoms with Gasteiger partial charge < -0.3 is 18.9 Å². The first-order valence-corrected chi connectivity index (χ1v) is 13.8. The fraction of sp³-hybridized carbons (Fsp3) is 0.161. The minimum absolute atomic E-state index is 0.0460. The summed E-state index contributed by atoms with van der Waals surface area (Å²) in [5.41, 5.74) is 2.16. The van der Waals surface area contributed by atoms with Crippen LogP contribution in [0.3, 0.4) is 0 Å². The highest BCUT2D eigenvalue weighted by Crippen LogP contribution is 2.36. The molecule has 11 nitrogen and oxygen atoms in total. The van der Waals surface area contributed by atoms with E-state index in [1.807, 2.05) is 36.4 Å². The Hall–Kier alpha value is -5.10. The molecule has 220 valence electrons. The molecule has 0 fully saturated rings. The summed E-state index contributed by atoms with van der Waals surface area (Å²) in [7, 11) is 5.70. The lowest BCUT2D eigenvalue weighted by Crippen LogP contribution is -2.19. The van der Waals surface area contributed by atoms with E-state index in [2.05, 4.69) is 21.0 Å². The van der Waals surface area contributed by atoms with Crippen LogP contribution in [0.15, 0.2) is 88.1 Å². The third-order valence-corrected chi connectivity index (χ3v) is 7.58. The van der Waals surface area contributed by atoms with Gasteiger partial charge in [0.25, 0.3) is 5.56 Å². The minimum Gasteiger partial charge on any atom is -0.493 e. The highest BCUT2D eigenvalue weighted by molar-refractivity contribution is 9.10. The number of esters is 2. The van der Waals surface area contributed by atoms with Crippen LogP contribution in [0, 0.1) is 0 Å². The van der Waals surface area contributed by atoms with E-state index < -0.39 is 11.9 Å². The normalized spacial score (nSPS) is 10.8. The molecule has 0 aliphatic rings. The molecule has 0 amide bonds. The Morgan fingerprint density at radius 1 is 0.837 bits per heavy atom. The van der Waals surface area contributed by atoms with Crippen molar-refractivity contribution in [1.29, 1.82) is 0 Å². The minimum atomic E-state index is -0.759. The predicted molar refractivity (Wildman–Crippen MR) is 161 cm³/mol. The second kappa shape index (κ2) is 12.4. The van der Waals surface area contributed by atoms with Crippen molar-refractivity contribution in [2.24, 2.45) is 7.05 Å². The molecule has 5 aromatic rings. The predicted octanol–water partition coefficient (Wildman–Crippen LogP) is 4.95. The van der Waals surface area contributed by atoms with Crippen molar-refractivity contribution in [2.45, 2.75) is 6.61 Å². The summed E-state index contributed by atoms with van der Waals surface area (Å²) in [5.74, 6) is -0.793. The van der Waals surface area contributed by atoms with Crippen LogP contribution in [-0.2, 0) is 23.1 Å². The molecule has 0 radical (unpaired) electrons. The van der Waals surface area contributed by atoms with Crippen LogP contribution in [0.5, 0.6) is 11.5 Å². The number of benzene rings is 3. The summed E-state index contributed by atoms with van der Waals surface area (Å²) < 4.78 is 26.7. The van der Waals surface area contributed by atoms with Gasteiger partial charge in [0.2, 0.25) is 0 Å². The molecule has 0 bridgehead atoms. The Labute approximate surface area is 254 Å². The molecular formula is C31H27BrN4O7. The maximum Gasteiger partial charge on any atom is 0.357 e. The number of ether oxygens (including phenoxy) is 4. The van der Waals surface area contributed by atoms with E-state index in [-0.39, 0.29) is 29.1 Å². The zero-order valence-corrected chi connectivity index (χ0v) is 25.3. The van der Waals surface area contributed by atoms with Gasteiger partial charge in [0.15, 0.2) is 17.2 Å². The summed E-state index contributed by atoms with van der Waals surface area (Å²) in [6.45, 7) is 0.0460. The molecule has 0 N–H and O–H groups in total. The molecule has 0 aliphatic heterocycles. The van der Waals surface area contributed by atoms with Gasteiger partial charge in [0.1, 0.15) is 22.3 Å². The Morgan fingerprint density at radius 2 is 1.47 bits per heavy atom. The van der Waals surface area contributed by atoms with Gasteiger partial charge in [-0.2, -0.15) is 5.10 Å². The summed E-state index contributed by atoms with van der Waals surface area (Å²) in [5, 5.41) is 4.62. The number of nitrogens with zero attached hydrogens (tertiary/aromatic N) is 4. The summed E-state index contributed by atoms with van der Waals surface area (Å²) in [4.78, 5) is 38.9. The number of aromatic nitrogens is 4. The third-order valence-electron chi connectivity index (χ3n) is 6.78. The quantitative estimate of drug-likeness (QED) is 0.207. The largest absolute Gasteiger partial charge is 0.493 e. The molecule has 3 aromatic carbocycles. The molecule has 43 heavy (non-hydrogen) atoms. The number of carbonyl (C=O) groups is 2. The third kappa shape index (κ3) is 5.44. The second-order valence-electron chi connectivity index (χ2n) is 9.19. The van der Waals surface area contributed by atoms with Crippen LogP contribution >= 0.6 is 15.9 Å².